The smallest absolute Gasteiger partial charge is 0.248 e. The summed E-state index contributed by atoms with van der Waals surface area (Å²) in [5, 5.41) is 5.28. The number of carbonyl (C=O) groups excluding carboxylic acids is 1. The quantitative estimate of drug-likeness (QED) is 0.382. The SMILES string of the molecule is COc1ccc(/C=N/NC(=O)CP(=O)(c2ccccc2)c2ccccc2)cc1. The van der Waals surface area contributed by atoms with Crippen LogP contribution in [0.4, 0.5) is 0 Å². The topological polar surface area (TPSA) is 67.8 Å². The van der Waals surface area contributed by atoms with E-state index in [1.54, 1.807) is 31.4 Å². The summed E-state index contributed by atoms with van der Waals surface area (Å²) in [6, 6.07) is 25.5. The van der Waals surface area contributed by atoms with E-state index in [0.29, 0.717) is 10.6 Å². The van der Waals surface area contributed by atoms with Crippen LogP contribution in [0.15, 0.2) is 90.0 Å². The summed E-state index contributed by atoms with van der Waals surface area (Å²) in [4.78, 5) is 12.5. The average Bonchev–Trinajstić information content (AvgIpc) is 2.75. The number of methoxy groups -OCH3 is 1. The Kier molecular flexibility index (Phi) is 6.41. The molecule has 1 amide bonds. The standard InChI is InChI=1S/C22H21N2O3P/c1-27-19-14-12-18(13-15-19)16-23-24-22(25)17-28(26,20-8-4-2-5-9-20)21-10-6-3-7-11-21/h2-16H,17H2,1H3,(H,24,25)/b23-16+. The number of hydrazone groups is 1. The lowest BCUT2D eigenvalue weighted by Gasteiger charge is -2.18. The Hall–Kier alpha value is -3.17. The van der Waals surface area contributed by atoms with E-state index in [2.05, 4.69) is 10.5 Å². The van der Waals surface area contributed by atoms with Crippen LogP contribution in [0.3, 0.4) is 0 Å². The van der Waals surface area contributed by atoms with Crippen LogP contribution in [0, 0.1) is 0 Å². The van der Waals surface area contributed by atoms with Gasteiger partial charge in [0.15, 0.2) is 7.14 Å². The Bertz CT molecular complexity index is 944. The first kappa shape index (κ1) is 19.6. The number of ether oxygens (including phenoxy) is 1. The molecule has 0 radical (unpaired) electrons. The van der Waals surface area contributed by atoms with Gasteiger partial charge in [0.05, 0.1) is 19.5 Å². The monoisotopic (exact) mass is 392 g/mol. The predicted octanol–water partition coefficient (Wildman–Crippen LogP) is 3.16. The van der Waals surface area contributed by atoms with Crippen LogP contribution < -0.4 is 20.8 Å². The fourth-order valence-corrected chi connectivity index (χ4v) is 5.22. The second-order valence-electron chi connectivity index (χ2n) is 6.14. The third kappa shape index (κ3) is 4.76. The lowest BCUT2D eigenvalue weighted by Crippen LogP contribution is -2.28. The highest BCUT2D eigenvalue weighted by Crippen LogP contribution is 2.42. The molecule has 0 bridgehead atoms. The Balaban J connectivity index is 1.75. The van der Waals surface area contributed by atoms with Gasteiger partial charge < -0.3 is 9.30 Å². The molecule has 0 saturated carbocycles. The first-order valence-corrected chi connectivity index (χ1v) is 10.7. The van der Waals surface area contributed by atoms with Gasteiger partial charge in [0, 0.05) is 10.6 Å². The highest BCUT2D eigenvalue weighted by Gasteiger charge is 2.30. The van der Waals surface area contributed by atoms with Crippen LogP contribution in [0.25, 0.3) is 0 Å². The van der Waals surface area contributed by atoms with Crippen LogP contribution in [0.1, 0.15) is 5.56 Å². The van der Waals surface area contributed by atoms with Crippen molar-refractivity contribution in [2.75, 3.05) is 13.3 Å². The molecule has 0 atom stereocenters. The third-order valence-electron chi connectivity index (χ3n) is 4.23. The molecule has 142 valence electrons. The molecule has 0 aromatic heterocycles. The Morgan fingerprint density at radius 3 is 1.96 bits per heavy atom. The largest absolute Gasteiger partial charge is 0.497 e. The molecule has 5 nitrogen and oxygen atoms in total. The Morgan fingerprint density at radius 2 is 1.46 bits per heavy atom. The maximum absolute atomic E-state index is 13.8. The summed E-state index contributed by atoms with van der Waals surface area (Å²) in [6.45, 7) is 0. The van der Waals surface area contributed by atoms with Gasteiger partial charge >= 0.3 is 0 Å². The second-order valence-corrected chi connectivity index (χ2v) is 8.96. The molecule has 1 N–H and O–H groups in total. The van der Waals surface area contributed by atoms with Crippen molar-refractivity contribution in [1.82, 2.24) is 5.43 Å². The summed E-state index contributed by atoms with van der Waals surface area (Å²) < 4.78 is 18.9. The van der Waals surface area contributed by atoms with Crippen molar-refractivity contribution in [1.29, 1.82) is 0 Å². The zero-order valence-electron chi connectivity index (χ0n) is 15.5. The number of rotatable bonds is 7. The van der Waals surface area contributed by atoms with Crippen molar-refractivity contribution in [2.24, 2.45) is 5.10 Å². The fourth-order valence-electron chi connectivity index (χ4n) is 2.78. The minimum Gasteiger partial charge on any atom is -0.497 e. The molecular formula is C22H21N2O3P. The third-order valence-corrected chi connectivity index (χ3v) is 7.23. The maximum Gasteiger partial charge on any atom is 0.248 e. The predicted molar refractivity (Wildman–Crippen MR) is 113 cm³/mol. The van der Waals surface area contributed by atoms with Gasteiger partial charge in [-0.25, -0.2) is 5.43 Å². The number of carbonyl (C=O) groups is 1. The Morgan fingerprint density at radius 1 is 0.929 bits per heavy atom. The summed E-state index contributed by atoms with van der Waals surface area (Å²) in [5.41, 5.74) is 3.30. The first-order valence-electron chi connectivity index (χ1n) is 8.78. The molecule has 3 aromatic rings. The van der Waals surface area contributed by atoms with E-state index in [1.807, 2.05) is 60.7 Å². The van der Waals surface area contributed by atoms with Crippen molar-refractivity contribution in [3.05, 3.63) is 90.5 Å². The molecule has 0 unspecified atom stereocenters. The van der Waals surface area contributed by atoms with E-state index >= 15 is 0 Å². The van der Waals surface area contributed by atoms with E-state index in [0.717, 1.165) is 11.3 Å². The number of nitrogens with zero attached hydrogens (tertiary/aromatic N) is 1. The molecular weight excluding hydrogens is 371 g/mol. The van der Waals surface area contributed by atoms with E-state index < -0.39 is 13.0 Å². The normalized spacial score (nSPS) is 11.3. The fraction of sp³-hybridized carbons (Fsp3) is 0.0909. The summed E-state index contributed by atoms with van der Waals surface area (Å²) in [5.74, 6) is 0.341. The molecule has 0 aliphatic rings. The number of hydrogen-bond donors (Lipinski definition) is 1. The maximum atomic E-state index is 13.8. The molecule has 0 heterocycles. The van der Waals surface area contributed by atoms with Crippen molar-refractivity contribution in [2.45, 2.75) is 0 Å². The highest BCUT2D eigenvalue weighted by atomic mass is 31.2. The van der Waals surface area contributed by atoms with Gasteiger partial charge in [0.1, 0.15) is 5.75 Å². The van der Waals surface area contributed by atoms with Crippen molar-refractivity contribution < 1.29 is 14.1 Å². The van der Waals surface area contributed by atoms with Gasteiger partial charge in [-0.3, -0.25) is 4.79 Å². The number of hydrogen-bond acceptors (Lipinski definition) is 4. The molecule has 0 aliphatic carbocycles. The number of amides is 1. The van der Waals surface area contributed by atoms with Crippen LogP contribution >= 0.6 is 7.14 Å². The van der Waals surface area contributed by atoms with Crippen LogP contribution in [-0.4, -0.2) is 25.4 Å². The first-order chi connectivity index (χ1) is 13.6. The zero-order valence-corrected chi connectivity index (χ0v) is 16.4. The van der Waals surface area contributed by atoms with Gasteiger partial charge in [0.2, 0.25) is 5.91 Å². The molecule has 6 heteroatoms. The lowest BCUT2D eigenvalue weighted by molar-refractivity contribution is -0.118. The van der Waals surface area contributed by atoms with Gasteiger partial charge in [-0.05, 0) is 29.8 Å². The molecule has 3 aromatic carbocycles. The van der Waals surface area contributed by atoms with Gasteiger partial charge in [-0.2, -0.15) is 5.10 Å². The van der Waals surface area contributed by atoms with Crippen molar-refractivity contribution in [3.63, 3.8) is 0 Å². The number of nitrogens with one attached hydrogen (secondary N) is 1. The summed E-state index contributed by atoms with van der Waals surface area (Å²) in [7, 11) is -1.51. The van der Waals surface area contributed by atoms with Gasteiger partial charge in [-0.15, -0.1) is 0 Å². The average molecular weight is 392 g/mol. The zero-order chi connectivity index (χ0) is 19.8. The molecule has 3 rings (SSSR count). The summed E-state index contributed by atoms with van der Waals surface area (Å²) >= 11 is 0. The van der Waals surface area contributed by atoms with Crippen LogP contribution in [0.5, 0.6) is 5.75 Å². The number of benzene rings is 3. The van der Waals surface area contributed by atoms with Crippen molar-refractivity contribution >= 4 is 29.9 Å². The van der Waals surface area contributed by atoms with Crippen molar-refractivity contribution in [3.8, 4) is 5.75 Å². The van der Waals surface area contributed by atoms with Crippen LogP contribution in [-0.2, 0) is 9.36 Å². The van der Waals surface area contributed by atoms with E-state index in [9.17, 15) is 9.36 Å². The second kappa shape index (κ2) is 9.16. The molecule has 0 fully saturated rings. The van der Waals surface area contributed by atoms with E-state index in [1.165, 1.54) is 6.21 Å². The van der Waals surface area contributed by atoms with Crippen LogP contribution in [0.2, 0.25) is 0 Å². The van der Waals surface area contributed by atoms with Gasteiger partial charge in [-0.1, -0.05) is 60.7 Å². The molecule has 28 heavy (non-hydrogen) atoms. The minimum absolute atomic E-state index is 0.152. The molecule has 0 saturated heterocycles. The van der Waals surface area contributed by atoms with E-state index in [-0.39, 0.29) is 6.16 Å². The molecule has 0 spiro atoms. The summed E-state index contributed by atoms with van der Waals surface area (Å²) in [6.07, 6.45) is 1.38. The van der Waals surface area contributed by atoms with E-state index in [4.69, 9.17) is 4.74 Å². The Labute approximate surface area is 164 Å². The molecule has 0 aliphatic heterocycles. The highest BCUT2D eigenvalue weighted by molar-refractivity contribution is 7.79. The minimum atomic E-state index is -3.11. The lowest BCUT2D eigenvalue weighted by atomic mass is 10.2. The van der Waals surface area contributed by atoms with Gasteiger partial charge in [0.25, 0.3) is 0 Å².